The van der Waals surface area contributed by atoms with Crippen molar-refractivity contribution in [3.8, 4) is 0 Å². The van der Waals surface area contributed by atoms with Crippen molar-refractivity contribution in [1.29, 1.82) is 0 Å². The third-order valence-electron chi connectivity index (χ3n) is 2.59. The number of nitrogens with two attached hydrogens (primary N) is 1. The average molecular weight is 363 g/mol. The second kappa shape index (κ2) is 5.55. The Morgan fingerprint density at radius 1 is 1.40 bits per heavy atom. The number of furan rings is 1. The van der Waals surface area contributed by atoms with E-state index in [1.807, 2.05) is 0 Å². The Hall–Kier alpha value is -1.38. The highest BCUT2D eigenvalue weighted by Gasteiger charge is 2.21. The molecule has 1 heterocycles. The maximum Gasteiger partial charge on any atom is 0.265 e. The number of nitrogens with one attached hydrogen (secondary N) is 1. The van der Waals surface area contributed by atoms with E-state index in [1.165, 1.54) is 25.1 Å². The molecule has 0 amide bonds. The minimum Gasteiger partial charge on any atom is -0.464 e. The lowest BCUT2D eigenvalue weighted by atomic mass is 10.3. The monoisotopic (exact) mass is 362 g/mol. The van der Waals surface area contributed by atoms with Gasteiger partial charge in [0, 0.05) is 6.07 Å². The molecular formula is C12H12BrFN2O3S. The summed E-state index contributed by atoms with van der Waals surface area (Å²) < 4.78 is 45.3. The van der Waals surface area contributed by atoms with E-state index in [-0.39, 0.29) is 27.4 Å². The van der Waals surface area contributed by atoms with Crippen molar-refractivity contribution >= 4 is 31.6 Å². The second-order valence-corrected chi connectivity index (χ2v) is 6.58. The highest BCUT2D eigenvalue weighted by molar-refractivity contribution is 9.10. The smallest absolute Gasteiger partial charge is 0.265 e. The quantitative estimate of drug-likeness (QED) is 0.875. The van der Waals surface area contributed by atoms with Crippen molar-refractivity contribution in [2.24, 2.45) is 5.73 Å². The van der Waals surface area contributed by atoms with Crippen LogP contribution in [0.15, 0.2) is 38.1 Å². The van der Waals surface area contributed by atoms with Crippen LogP contribution in [0.2, 0.25) is 0 Å². The predicted octanol–water partition coefficient (Wildman–Crippen LogP) is 2.75. The van der Waals surface area contributed by atoms with Gasteiger partial charge in [-0.05, 0) is 41.1 Å². The van der Waals surface area contributed by atoms with Crippen molar-refractivity contribution in [1.82, 2.24) is 0 Å². The summed E-state index contributed by atoms with van der Waals surface area (Å²) in [6, 6.07) is 5.20. The molecule has 0 aliphatic carbocycles. The Bertz CT molecular complexity index is 743. The van der Waals surface area contributed by atoms with Crippen molar-refractivity contribution in [3.05, 3.63) is 46.1 Å². The van der Waals surface area contributed by atoms with Crippen LogP contribution < -0.4 is 10.5 Å². The molecule has 2 rings (SSSR count). The van der Waals surface area contributed by atoms with Gasteiger partial charge in [0.15, 0.2) is 0 Å². The first-order valence-electron chi connectivity index (χ1n) is 5.60. The molecule has 20 heavy (non-hydrogen) atoms. The number of benzene rings is 1. The Balaban J connectivity index is 2.35. The van der Waals surface area contributed by atoms with E-state index in [9.17, 15) is 12.8 Å². The summed E-state index contributed by atoms with van der Waals surface area (Å²) in [6.07, 6.45) is 0. The maximum absolute atomic E-state index is 13.1. The SMILES string of the molecule is Cc1oc(CN)cc1S(=O)(=O)Nc1ccc(F)c(Br)c1. The summed E-state index contributed by atoms with van der Waals surface area (Å²) in [4.78, 5) is 0.0124. The van der Waals surface area contributed by atoms with Gasteiger partial charge >= 0.3 is 0 Å². The van der Waals surface area contributed by atoms with Crippen LogP contribution in [0.4, 0.5) is 10.1 Å². The molecule has 0 saturated heterocycles. The van der Waals surface area contributed by atoms with E-state index in [1.54, 1.807) is 0 Å². The van der Waals surface area contributed by atoms with Crippen LogP contribution >= 0.6 is 15.9 Å². The Morgan fingerprint density at radius 3 is 2.65 bits per heavy atom. The van der Waals surface area contributed by atoms with Crippen LogP contribution in [0.3, 0.4) is 0 Å². The van der Waals surface area contributed by atoms with Crippen LogP contribution in [0.1, 0.15) is 11.5 Å². The first-order valence-corrected chi connectivity index (χ1v) is 7.88. The highest BCUT2D eigenvalue weighted by Crippen LogP contribution is 2.25. The van der Waals surface area contributed by atoms with Gasteiger partial charge in [0.25, 0.3) is 10.0 Å². The van der Waals surface area contributed by atoms with E-state index in [4.69, 9.17) is 10.2 Å². The van der Waals surface area contributed by atoms with Crippen LogP contribution in [-0.4, -0.2) is 8.42 Å². The molecule has 0 saturated carbocycles. The number of hydrogen-bond donors (Lipinski definition) is 2. The van der Waals surface area contributed by atoms with Crippen molar-refractivity contribution in [3.63, 3.8) is 0 Å². The van der Waals surface area contributed by atoms with Gasteiger partial charge in [-0.3, -0.25) is 4.72 Å². The fourth-order valence-electron chi connectivity index (χ4n) is 1.66. The van der Waals surface area contributed by atoms with E-state index >= 15 is 0 Å². The number of halogens is 2. The zero-order valence-electron chi connectivity index (χ0n) is 10.5. The molecule has 3 N–H and O–H groups in total. The van der Waals surface area contributed by atoms with E-state index in [2.05, 4.69) is 20.7 Å². The summed E-state index contributed by atoms with van der Waals surface area (Å²) in [5.74, 6) is 0.153. The lowest BCUT2D eigenvalue weighted by Gasteiger charge is -2.07. The predicted molar refractivity (Wildman–Crippen MR) is 76.2 cm³/mol. The molecule has 108 valence electrons. The number of aryl methyl sites for hydroxylation is 1. The molecule has 0 fully saturated rings. The molecule has 0 bridgehead atoms. The van der Waals surface area contributed by atoms with E-state index in [0.29, 0.717) is 5.76 Å². The molecule has 0 unspecified atom stereocenters. The fraction of sp³-hybridized carbons (Fsp3) is 0.167. The molecule has 2 aromatic rings. The van der Waals surface area contributed by atoms with Crippen molar-refractivity contribution < 1.29 is 17.2 Å². The van der Waals surface area contributed by atoms with Crippen LogP contribution in [0.5, 0.6) is 0 Å². The van der Waals surface area contributed by atoms with E-state index in [0.717, 1.165) is 6.07 Å². The molecule has 0 spiro atoms. The van der Waals surface area contributed by atoms with Gasteiger partial charge in [-0.25, -0.2) is 12.8 Å². The molecule has 0 aliphatic heterocycles. The van der Waals surface area contributed by atoms with Gasteiger partial charge in [-0.1, -0.05) is 0 Å². The zero-order valence-corrected chi connectivity index (χ0v) is 12.9. The standard InChI is InChI=1S/C12H12BrFN2O3S/c1-7-12(5-9(6-15)19-7)20(17,18)16-8-2-3-11(14)10(13)4-8/h2-5,16H,6,15H2,1H3. The van der Waals surface area contributed by atoms with Gasteiger partial charge in [0.1, 0.15) is 22.2 Å². The highest BCUT2D eigenvalue weighted by atomic mass is 79.9. The van der Waals surface area contributed by atoms with Crippen molar-refractivity contribution in [2.45, 2.75) is 18.4 Å². The Kier molecular flexibility index (Phi) is 4.17. The van der Waals surface area contributed by atoms with Gasteiger partial charge in [0.05, 0.1) is 16.7 Å². The number of anilines is 1. The summed E-state index contributed by atoms with van der Waals surface area (Å²) in [5.41, 5.74) is 5.65. The minimum atomic E-state index is -3.81. The lowest BCUT2D eigenvalue weighted by molar-refractivity contribution is 0.479. The number of sulfonamides is 1. The number of hydrogen-bond acceptors (Lipinski definition) is 4. The summed E-state index contributed by atoms with van der Waals surface area (Å²) in [5, 5.41) is 0. The summed E-state index contributed by atoms with van der Waals surface area (Å²) in [7, 11) is -3.81. The first kappa shape index (κ1) is 15.0. The topological polar surface area (TPSA) is 85.3 Å². The second-order valence-electron chi connectivity index (χ2n) is 4.07. The zero-order chi connectivity index (χ0) is 14.9. The lowest BCUT2D eigenvalue weighted by Crippen LogP contribution is -2.13. The van der Waals surface area contributed by atoms with Gasteiger partial charge < -0.3 is 10.2 Å². The maximum atomic E-state index is 13.1. The third kappa shape index (κ3) is 3.02. The summed E-state index contributed by atoms with van der Waals surface area (Å²) in [6.45, 7) is 1.65. The van der Waals surface area contributed by atoms with Crippen LogP contribution in [0, 0.1) is 12.7 Å². The third-order valence-corrected chi connectivity index (χ3v) is 4.68. The molecule has 0 atom stereocenters. The minimum absolute atomic E-state index is 0.0124. The Labute approximate surface area is 124 Å². The first-order chi connectivity index (χ1) is 9.33. The normalized spacial score (nSPS) is 11.6. The Morgan fingerprint density at radius 2 is 2.10 bits per heavy atom. The fourth-order valence-corrected chi connectivity index (χ4v) is 3.29. The van der Waals surface area contributed by atoms with Gasteiger partial charge in [0.2, 0.25) is 0 Å². The molecule has 5 nitrogen and oxygen atoms in total. The summed E-state index contributed by atoms with van der Waals surface area (Å²) >= 11 is 2.99. The largest absolute Gasteiger partial charge is 0.464 e. The van der Waals surface area contributed by atoms with Crippen LogP contribution in [0.25, 0.3) is 0 Å². The molecule has 0 aliphatic rings. The number of rotatable bonds is 4. The van der Waals surface area contributed by atoms with E-state index < -0.39 is 15.8 Å². The molecule has 8 heteroatoms. The van der Waals surface area contributed by atoms with Crippen LogP contribution in [-0.2, 0) is 16.6 Å². The van der Waals surface area contributed by atoms with Gasteiger partial charge in [-0.2, -0.15) is 0 Å². The molecular weight excluding hydrogens is 351 g/mol. The molecule has 1 aromatic heterocycles. The molecule has 0 radical (unpaired) electrons. The van der Waals surface area contributed by atoms with Gasteiger partial charge in [-0.15, -0.1) is 0 Å². The average Bonchev–Trinajstić information content (AvgIpc) is 2.76. The van der Waals surface area contributed by atoms with Crippen molar-refractivity contribution in [2.75, 3.05) is 4.72 Å². The molecule has 1 aromatic carbocycles.